The molecule has 1 fully saturated rings. The lowest BCUT2D eigenvalue weighted by atomic mass is 10.3. The molecule has 0 amide bonds. The number of fused-ring (bicyclic) bond motifs is 1. The highest BCUT2D eigenvalue weighted by atomic mass is 32.2. The third-order valence-electron chi connectivity index (χ3n) is 4.34. The van der Waals surface area contributed by atoms with Crippen molar-refractivity contribution in [3.05, 3.63) is 51.4 Å². The van der Waals surface area contributed by atoms with Crippen molar-refractivity contribution in [2.24, 2.45) is 0 Å². The number of nitriles is 1. The molecule has 0 bridgehead atoms. The first-order valence-corrected chi connectivity index (χ1v) is 10.2. The lowest BCUT2D eigenvalue weighted by molar-refractivity contribution is 0.670. The molecule has 0 radical (unpaired) electrons. The minimum atomic E-state index is -0.236. The molecule has 0 aromatic carbocycles. The number of hydrogen-bond donors (Lipinski definition) is 1. The number of nitrogens with zero attached hydrogens (tertiary/aromatic N) is 6. The van der Waals surface area contributed by atoms with Crippen LogP contribution in [0.25, 0.3) is 16.3 Å². The number of thioether (sulfide) groups is 1. The number of H-pyrrole nitrogens is 1. The molecule has 0 spiro atoms. The van der Waals surface area contributed by atoms with Gasteiger partial charge in [-0.1, -0.05) is 17.8 Å². The highest BCUT2D eigenvalue weighted by Gasteiger charge is 2.30. The highest BCUT2D eigenvalue weighted by Crippen LogP contribution is 2.42. The van der Waals surface area contributed by atoms with Gasteiger partial charge in [-0.2, -0.15) is 5.26 Å². The SMILES string of the molecule is N#Cc1c[nH]n2c(=O)cc(CSc3nnc(-c4cccs4)n3C3CC3)nc12. The molecule has 0 aliphatic heterocycles. The number of rotatable bonds is 5. The van der Waals surface area contributed by atoms with E-state index in [4.69, 9.17) is 5.26 Å². The first kappa shape index (κ1) is 16.3. The standard InChI is InChI=1S/C17H13N7OS2/c18-7-10-8-19-24-14(25)6-11(20-15(10)24)9-27-17-22-21-16(13-2-1-5-26-13)23(17)12-3-4-12/h1-2,5-6,8,12,19H,3-4,9H2. The van der Waals surface area contributed by atoms with E-state index < -0.39 is 0 Å². The van der Waals surface area contributed by atoms with Crippen LogP contribution in [0.5, 0.6) is 0 Å². The Labute approximate surface area is 161 Å². The van der Waals surface area contributed by atoms with Crippen LogP contribution in [0.4, 0.5) is 0 Å². The molecule has 4 aromatic heterocycles. The van der Waals surface area contributed by atoms with Crippen molar-refractivity contribution in [2.45, 2.75) is 29.8 Å². The zero-order valence-electron chi connectivity index (χ0n) is 14.0. The molecule has 8 nitrogen and oxygen atoms in total. The van der Waals surface area contributed by atoms with Crippen molar-refractivity contribution >= 4 is 28.7 Å². The van der Waals surface area contributed by atoms with Crippen LogP contribution in [0.3, 0.4) is 0 Å². The first-order valence-electron chi connectivity index (χ1n) is 8.36. The van der Waals surface area contributed by atoms with E-state index in [0.29, 0.717) is 28.7 Å². The van der Waals surface area contributed by atoms with Gasteiger partial charge >= 0.3 is 0 Å². The van der Waals surface area contributed by atoms with Gasteiger partial charge < -0.3 is 0 Å². The van der Waals surface area contributed by atoms with Gasteiger partial charge in [0.25, 0.3) is 5.56 Å². The van der Waals surface area contributed by atoms with Crippen molar-refractivity contribution in [1.82, 2.24) is 29.4 Å². The average Bonchev–Trinajstić information content (AvgIpc) is 3.10. The highest BCUT2D eigenvalue weighted by molar-refractivity contribution is 7.98. The second-order valence-corrected chi connectivity index (χ2v) is 8.11. The van der Waals surface area contributed by atoms with Gasteiger partial charge in [-0.15, -0.1) is 21.5 Å². The molecule has 4 heterocycles. The molecule has 4 aromatic rings. The van der Waals surface area contributed by atoms with Crippen LogP contribution in [0.15, 0.2) is 39.7 Å². The van der Waals surface area contributed by atoms with Crippen LogP contribution >= 0.6 is 23.1 Å². The number of aromatic nitrogens is 6. The fraction of sp³-hybridized carbons (Fsp3) is 0.235. The van der Waals surface area contributed by atoms with E-state index in [9.17, 15) is 4.79 Å². The monoisotopic (exact) mass is 395 g/mol. The van der Waals surface area contributed by atoms with Gasteiger partial charge in [0.15, 0.2) is 16.6 Å². The van der Waals surface area contributed by atoms with E-state index in [2.05, 4.69) is 24.8 Å². The van der Waals surface area contributed by atoms with Crippen LogP contribution in [-0.4, -0.2) is 29.4 Å². The van der Waals surface area contributed by atoms with E-state index in [1.54, 1.807) is 11.3 Å². The smallest absolute Gasteiger partial charge is 0.272 e. The zero-order valence-corrected chi connectivity index (χ0v) is 15.6. The minimum absolute atomic E-state index is 0.236. The third kappa shape index (κ3) is 2.85. The Morgan fingerprint density at radius 2 is 2.30 bits per heavy atom. The normalized spacial score (nSPS) is 13.9. The van der Waals surface area contributed by atoms with Gasteiger partial charge in [0.05, 0.1) is 10.6 Å². The topological polar surface area (TPSA) is 105 Å². The van der Waals surface area contributed by atoms with Crippen LogP contribution < -0.4 is 5.56 Å². The van der Waals surface area contributed by atoms with Crippen molar-refractivity contribution in [3.63, 3.8) is 0 Å². The second kappa shape index (κ2) is 6.37. The summed E-state index contributed by atoms with van der Waals surface area (Å²) in [6.45, 7) is 0. The van der Waals surface area contributed by atoms with Crippen LogP contribution in [-0.2, 0) is 5.75 Å². The number of thiophene rings is 1. The molecule has 10 heteroatoms. The first-order chi connectivity index (χ1) is 13.2. The van der Waals surface area contributed by atoms with Crippen molar-refractivity contribution in [1.29, 1.82) is 5.26 Å². The third-order valence-corrected chi connectivity index (χ3v) is 6.18. The molecule has 0 saturated heterocycles. The Balaban J connectivity index is 1.46. The second-order valence-electron chi connectivity index (χ2n) is 6.22. The molecule has 1 aliphatic carbocycles. The maximum absolute atomic E-state index is 12.2. The van der Waals surface area contributed by atoms with Crippen molar-refractivity contribution < 1.29 is 0 Å². The summed E-state index contributed by atoms with van der Waals surface area (Å²) in [7, 11) is 0. The average molecular weight is 395 g/mol. The molecule has 27 heavy (non-hydrogen) atoms. The quantitative estimate of drug-likeness (QED) is 0.521. The Morgan fingerprint density at radius 1 is 1.41 bits per heavy atom. The molecule has 0 atom stereocenters. The Bertz CT molecular complexity index is 1220. The van der Waals surface area contributed by atoms with E-state index in [1.807, 2.05) is 23.6 Å². The van der Waals surface area contributed by atoms with E-state index in [0.717, 1.165) is 28.7 Å². The molecule has 1 saturated carbocycles. The van der Waals surface area contributed by atoms with Gasteiger partial charge in [0.1, 0.15) is 11.6 Å². The predicted octanol–water partition coefficient (Wildman–Crippen LogP) is 2.84. The minimum Gasteiger partial charge on any atom is -0.298 e. The largest absolute Gasteiger partial charge is 0.298 e. The Morgan fingerprint density at radius 3 is 3.04 bits per heavy atom. The molecule has 0 unspecified atom stereocenters. The molecule has 1 aliphatic rings. The lowest BCUT2D eigenvalue weighted by Crippen LogP contribution is -2.15. The summed E-state index contributed by atoms with van der Waals surface area (Å²) in [5.74, 6) is 1.38. The molecule has 5 rings (SSSR count). The molecular formula is C17H13N7OS2. The lowest BCUT2D eigenvalue weighted by Gasteiger charge is -2.07. The predicted molar refractivity (Wildman–Crippen MR) is 102 cm³/mol. The van der Waals surface area contributed by atoms with Gasteiger partial charge in [-0.25, -0.2) is 9.50 Å². The van der Waals surface area contributed by atoms with Crippen molar-refractivity contribution in [2.75, 3.05) is 0 Å². The van der Waals surface area contributed by atoms with Crippen LogP contribution in [0.1, 0.15) is 30.1 Å². The van der Waals surface area contributed by atoms with E-state index in [-0.39, 0.29) is 5.56 Å². The Kier molecular flexibility index (Phi) is 3.84. The molecule has 1 N–H and O–H groups in total. The zero-order chi connectivity index (χ0) is 18.4. The van der Waals surface area contributed by atoms with Crippen LogP contribution in [0, 0.1) is 11.3 Å². The van der Waals surface area contributed by atoms with E-state index in [1.165, 1.54) is 28.5 Å². The number of aromatic amines is 1. The summed E-state index contributed by atoms with van der Waals surface area (Å²) in [5, 5.41) is 23.5. The molecular weight excluding hydrogens is 382 g/mol. The Hall–Kier alpha value is -2.90. The van der Waals surface area contributed by atoms with Crippen LogP contribution in [0.2, 0.25) is 0 Å². The number of nitrogens with one attached hydrogen (secondary N) is 1. The summed E-state index contributed by atoms with van der Waals surface area (Å²) in [4.78, 5) is 17.8. The maximum atomic E-state index is 12.2. The summed E-state index contributed by atoms with van der Waals surface area (Å²) in [6.07, 6.45) is 3.74. The van der Waals surface area contributed by atoms with Gasteiger partial charge in [0, 0.05) is 24.1 Å². The fourth-order valence-electron chi connectivity index (χ4n) is 2.93. The summed E-state index contributed by atoms with van der Waals surface area (Å²) >= 11 is 3.16. The van der Waals surface area contributed by atoms with Gasteiger partial charge in [-0.05, 0) is 24.3 Å². The van der Waals surface area contributed by atoms with E-state index >= 15 is 0 Å². The maximum Gasteiger partial charge on any atom is 0.272 e. The summed E-state index contributed by atoms with van der Waals surface area (Å²) < 4.78 is 3.47. The van der Waals surface area contributed by atoms with Gasteiger partial charge in [0.2, 0.25) is 0 Å². The summed E-state index contributed by atoms with van der Waals surface area (Å²) in [5.41, 5.74) is 1.08. The summed E-state index contributed by atoms with van der Waals surface area (Å²) in [6, 6.07) is 8.02. The van der Waals surface area contributed by atoms with Gasteiger partial charge in [-0.3, -0.25) is 14.5 Å². The fourth-order valence-corrected chi connectivity index (χ4v) is 4.54. The number of hydrogen-bond acceptors (Lipinski definition) is 7. The van der Waals surface area contributed by atoms with Crippen molar-refractivity contribution in [3.8, 4) is 16.8 Å². The molecule has 134 valence electrons.